The van der Waals surface area contributed by atoms with E-state index in [4.69, 9.17) is 5.21 Å². The highest BCUT2D eigenvalue weighted by Gasteiger charge is 2.50. The lowest BCUT2D eigenvalue weighted by Gasteiger charge is -2.37. The van der Waals surface area contributed by atoms with Crippen molar-refractivity contribution in [3.63, 3.8) is 0 Å². The van der Waals surface area contributed by atoms with Crippen molar-refractivity contribution in [2.75, 3.05) is 13.1 Å². The maximum absolute atomic E-state index is 16.4. The molecule has 4 heterocycles. The van der Waals surface area contributed by atoms with E-state index in [-0.39, 0.29) is 61.9 Å². The number of carbonyl (C=O) groups is 3. The van der Waals surface area contributed by atoms with Crippen molar-refractivity contribution in [3.8, 4) is 27.9 Å². The number of nitrogens with zero attached hydrogens (tertiary/aromatic N) is 8. The number of hydrogen-bond donors (Lipinski definition) is 5. The van der Waals surface area contributed by atoms with Crippen molar-refractivity contribution in [2.24, 2.45) is 10.8 Å². The summed E-state index contributed by atoms with van der Waals surface area (Å²) in [7, 11) is 0. The first-order chi connectivity index (χ1) is 36.6. The normalized spacial score (nSPS) is 21.7. The highest BCUT2D eigenvalue weighted by molar-refractivity contribution is 5.90. The fourth-order valence-electron chi connectivity index (χ4n) is 11.3. The summed E-state index contributed by atoms with van der Waals surface area (Å²) in [5.74, 6) is -1.28. The van der Waals surface area contributed by atoms with Crippen LogP contribution in [0.25, 0.3) is 27.9 Å². The number of halogens is 2. The summed E-state index contributed by atoms with van der Waals surface area (Å²) in [6.07, 6.45) is 4.95. The first-order valence-electron chi connectivity index (χ1n) is 27.0. The third kappa shape index (κ3) is 11.5. The molecular formula is C59H71F2N10O6+. The Morgan fingerprint density at radius 2 is 1.40 bits per heavy atom. The van der Waals surface area contributed by atoms with Crippen LogP contribution in [0.4, 0.5) is 8.78 Å². The molecule has 6 aromatic rings. The molecule has 5 N–H and O–H groups in total. The van der Waals surface area contributed by atoms with E-state index in [0.717, 1.165) is 53.8 Å². The molecular weight excluding hydrogens is 983 g/mol. The monoisotopic (exact) mass is 1050 g/mol. The van der Waals surface area contributed by atoms with Crippen LogP contribution in [0.3, 0.4) is 0 Å². The van der Waals surface area contributed by atoms with Crippen LogP contribution in [-0.4, -0.2) is 111 Å². The average Bonchev–Trinajstić information content (AvgIpc) is 4.31. The summed E-state index contributed by atoms with van der Waals surface area (Å²) >= 11 is 0. The van der Waals surface area contributed by atoms with Gasteiger partial charge in [0.2, 0.25) is 17.7 Å². The van der Waals surface area contributed by atoms with Gasteiger partial charge in [-0.1, -0.05) is 118 Å². The fraction of sp³-hybridized carbons (Fsp3) is 0.475. The second-order valence-electron chi connectivity index (χ2n) is 23.9. The molecule has 2 saturated heterocycles. The van der Waals surface area contributed by atoms with Gasteiger partial charge >= 0.3 is 0 Å². The molecule has 18 heteroatoms. The molecule has 8 unspecified atom stereocenters. The van der Waals surface area contributed by atoms with Crippen LogP contribution in [0.2, 0.25) is 0 Å². The quantitative estimate of drug-likeness (QED) is 0.0619. The van der Waals surface area contributed by atoms with Gasteiger partial charge in [-0.05, 0) is 84.9 Å². The van der Waals surface area contributed by atoms with Gasteiger partial charge in [0, 0.05) is 66.7 Å². The Hall–Kier alpha value is -6.73. The number of rotatable bonds is 16. The first kappa shape index (κ1) is 53.7. The van der Waals surface area contributed by atoms with E-state index in [0.29, 0.717) is 28.3 Å². The second-order valence-corrected chi connectivity index (χ2v) is 23.9. The maximum Gasteiger partial charge on any atom is 0.248 e. The lowest BCUT2D eigenvalue weighted by atomic mass is 9.85. The lowest BCUT2D eigenvalue weighted by molar-refractivity contribution is -0.798. The Labute approximate surface area is 448 Å². The predicted octanol–water partition coefficient (Wildman–Crippen LogP) is 7.20. The molecule has 0 spiro atoms. The SMILES string of the molecule is CC(NC(=O)C1CC(O)CN1C(=O)C(n1cc(C2CC2)nn1)C(C)(C)C)c1ccc(-c2ccc(-n3n[n+](C(C(O)N4CC(O)CC4C(=O)NCc4ccc(-c5ccccc5F)cc4)C(C)(C)C)cc3C3CC3)cc2F)cc1. The van der Waals surface area contributed by atoms with Gasteiger partial charge in [0.25, 0.3) is 0 Å². The molecule has 77 heavy (non-hydrogen) atoms. The van der Waals surface area contributed by atoms with Crippen LogP contribution in [0.1, 0.15) is 139 Å². The number of likely N-dealkylation sites (tertiary alicyclic amines) is 2. The van der Waals surface area contributed by atoms with Gasteiger partial charge in [0.1, 0.15) is 23.7 Å². The Kier molecular flexibility index (Phi) is 14.8. The number of hydrogen-bond acceptors (Lipinski definition) is 10. The summed E-state index contributed by atoms with van der Waals surface area (Å²) in [6, 6.07) is 22.5. The minimum absolute atomic E-state index is 0.0253. The predicted molar refractivity (Wildman–Crippen MR) is 284 cm³/mol. The lowest BCUT2D eigenvalue weighted by Crippen LogP contribution is -2.60. The summed E-state index contributed by atoms with van der Waals surface area (Å²) in [4.78, 5) is 45.2. The standard InChI is InChI=1S/C59H70F2N10O6/c1-34(63-55(75)50-28-43(73)31-68(50)56(76)52(58(2,3)4)69-32-48(64-65-69)39-20-21-39)36-16-18-38(19-17-36)45-25-24-41(26-47(45)61)71-51(40-22-23-40)33-70(66-71)53(59(5,6)7)57(77)67-30-42(72)27-49(67)54(74)62-29-35-12-14-37(15-13-35)44-10-8-9-11-46(44)60/h8-19,24-26,32-34,39-40,42-43,49-50,52-53,57,72-73,77H,20-23,27-31H2,1-7H3,(H-,62,63,74,75)/p+1. The third-order valence-electron chi connectivity index (χ3n) is 15.7. The van der Waals surface area contributed by atoms with Crippen molar-refractivity contribution in [3.05, 3.63) is 138 Å². The van der Waals surface area contributed by atoms with E-state index in [1.165, 1.54) is 17.0 Å². The highest BCUT2D eigenvalue weighted by Crippen LogP contribution is 2.43. The number of nitrogens with one attached hydrogen (secondary N) is 2. The van der Waals surface area contributed by atoms with E-state index in [2.05, 4.69) is 20.9 Å². The molecule has 4 fully saturated rings. The molecule has 16 nitrogen and oxygen atoms in total. The molecule has 2 aromatic heterocycles. The van der Waals surface area contributed by atoms with Crippen molar-refractivity contribution < 1.29 is 43.2 Å². The summed E-state index contributed by atoms with van der Waals surface area (Å²) in [6.45, 7) is 13.9. The zero-order chi connectivity index (χ0) is 54.7. The summed E-state index contributed by atoms with van der Waals surface area (Å²) in [5.41, 5.74) is 4.83. The minimum atomic E-state index is -1.24. The number of aliphatic hydroxyl groups excluding tert-OH is 3. The van der Waals surface area contributed by atoms with Crippen LogP contribution in [0, 0.1) is 22.5 Å². The number of carbonyl (C=O) groups excluding carboxylic acids is 3. The highest BCUT2D eigenvalue weighted by atomic mass is 19.1. The van der Waals surface area contributed by atoms with E-state index < -0.39 is 65.3 Å². The molecule has 4 aromatic carbocycles. The van der Waals surface area contributed by atoms with Crippen LogP contribution < -0.4 is 15.3 Å². The Balaban J connectivity index is 0.812. The molecule has 4 aliphatic rings. The molecule has 8 atom stereocenters. The molecule has 0 radical (unpaired) electrons. The van der Waals surface area contributed by atoms with Gasteiger partial charge in [0.05, 0.1) is 35.2 Å². The van der Waals surface area contributed by atoms with Crippen LogP contribution in [0.5, 0.6) is 0 Å². The largest absolute Gasteiger partial charge is 0.392 e. The number of amides is 3. The van der Waals surface area contributed by atoms with Crippen molar-refractivity contribution in [2.45, 2.75) is 154 Å². The van der Waals surface area contributed by atoms with Crippen molar-refractivity contribution in [1.29, 1.82) is 0 Å². The zero-order valence-corrected chi connectivity index (χ0v) is 44.9. The zero-order valence-electron chi connectivity index (χ0n) is 44.9. The molecule has 0 bridgehead atoms. The van der Waals surface area contributed by atoms with Gasteiger partial charge in [-0.25, -0.2) is 13.5 Å². The summed E-state index contributed by atoms with van der Waals surface area (Å²) in [5, 5.41) is 53.7. The number of benzene rings is 4. The van der Waals surface area contributed by atoms with Crippen LogP contribution >= 0.6 is 0 Å². The summed E-state index contributed by atoms with van der Waals surface area (Å²) < 4.78 is 35.9. The topological polar surface area (TPSA) is 195 Å². The Bertz CT molecular complexity index is 3120. The van der Waals surface area contributed by atoms with Crippen molar-refractivity contribution in [1.82, 2.24) is 45.3 Å². The van der Waals surface area contributed by atoms with Crippen LogP contribution in [0.15, 0.2) is 103 Å². The molecule has 10 rings (SSSR count). The average molecular weight is 1050 g/mol. The van der Waals surface area contributed by atoms with Crippen molar-refractivity contribution >= 4 is 17.7 Å². The molecule has 406 valence electrons. The Morgan fingerprint density at radius 3 is 2.04 bits per heavy atom. The number of aliphatic hydroxyl groups is 3. The third-order valence-corrected chi connectivity index (χ3v) is 15.7. The van der Waals surface area contributed by atoms with E-state index in [9.17, 15) is 34.1 Å². The fourth-order valence-corrected chi connectivity index (χ4v) is 11.3. The maximum atomic E-state index is 16.4. The van der Waals surface area contributed by atoms with E-state index >= 15 is 4.39 Å². The molecule has 2 aliphatic carbocycles. The number of aromatic nitrogens is 6. The molecule has 2 aliphatic heterocycles. The molecule has 2 saturated carbocycles. The minimum Gasteiger partial charge on any atom is -0.392 e. The second kappa shape index (κ2) is 21.2. The van der Waals surface area contributed by atoms with Crippen LogP contribution in [-0.2, 0) is 20.9 Å². The smallest absolute Gasteiger partial charge is 0.248 e. The van der Waals surface area contributed by atoms with Gasteiger partial charge < -0.3 is 30.9 Å². The van der Waals surface area contributed by atoms with Gasteiger partial charge in [-0.15, -0.1) is 9.78 Å². The van der Waals surface area contributed by atoms with Gasteiger partial charge in [-0.3, -0.25) is 19.3 Å². The van der Waals surface area contributed by atoms with Gasteiger partial charge in [0.15, 0.2) is 29.8 Å². The molecule has 3 amide bonds. The Morgan fingerprint density at radius 1 is 0.766 bits per heavy atom. The first-order valence-corrected chi connectivity index (χ1v) is 27.0. The van der Waals surface area contributed by atoms with E-state index in [1.54, 1.807) is 55.3 Å². The number of β-amino-alcohol motifs (C(OH)–C–C–N with tert-alkyl or cyclic N) is 2. The van der Waals surface area contributed by atoms with Gasteiger partial charge in [-0.2, -0.15) is 0 Å². The van der Waals surface area contributed by atoms with E-state index in [1.807, 2.05) is 103 Å².